The molecule has 1 fully saturated rings. The average Bonchev–Trinajstić information content (AvgIpc) is 2.62. The summed E-state index contributed by atoms with van der Waals surface area (Å²) < 4.78 is 27.0. The van der Waals surface area contributed by atoms with E-state index in [9.17, 15) is 13.6 Å². The van der Waals surface area contributed by atoms with Gasteiger partial charge in [0.1, 0.15) is 5.82 Å². The minimum atomic E-state index is -0.440. The highest BCUT2D eigenvalue weighted by Crippen LogP contribution is 2.18. The Kier molecular flexibility index (Phi) is 5.06. The summed E-state index contributed by atoms with van der Waals surface area (Å²) in [7, 11) is 0. The third-order valence-electron chi connectivity index (χ3n) is 4.17. The normalized spacial score (nSPS) is 15.8. The SMILES string of the molecule is C[C@H](NC(=O)N1CCN(c2ncccc2F)CC1)c1cncc(F)c1. The first-order chi connectivity index (χ1) is 12.0. The highest BCUT2D eigenvalue weighted by Gasteiger charge is 2.24. The van der Waals surface area contributed by atoms with Gasteiger partial charge in [0.15, 0.2) is 11.6 Å². The number of anilines is 1. The zero-order valence-corrected chi connectivity index (χ0v) is 13.8. The molecule has 6 nitrogen and oxygen atoms in total. The van der Waals surface area contributed by atoms with Gasteiger partial charge < -0.3 is 15.1 Å². The maximum atomic E-state index is 13.8. The van der Waals surface area contributed by atoms with Crippen LogP contribution >= 0.6 is 0 Å². The van der Waals surface area contributed by atoms with E-state index in [1.165, 1.54) is 18.3 Å². The molecule has 2 aromatic rings. The van der Waals surface area contributed by atoms with Crippen molar-refractivity contribution in [2.24, 2.45) is 0 Å². The zero-order valence-electron chi connectivity index (χ0n) is 13.8. The smallest absolute Gasteiger partial charge is 0.317 e. The summed E-state index contributed by atoms with van der Waals surface area (Å²) in [4.78, 5) is 23.7. The molecule has 0 unspecified atom stereocenters. The lowest BCUT2D eigenvalue weighted by atomic mass is 10.1. The zero-order chi connectivity index (χ0) is 17.8. The Morgan fingerprint density at radius 3 is 2.68 bits per heavy atom. The van der Waals surface area contributed by atoms with E-state index in [4.69, 9.17) is 0 Å². The molecule has 0 spiro atoms. The van der Waals surface area contributed by atoms with E-state index < -0.39 is 5.82 Å². The number of rotatable bonds is 3. The number of urea groups is 1. The summed E-state index contributed by atoms with van der Waals surface area (Å²) in [5, 5.41) is 2.83. The first-order valence-electron chi connectivity index (χ1n) is 8.06. The van der Waals surface area contributed by atoms with Crippen LogP contribution in [0.25, 0.3) is 0 Å². The van der Waals surface area contributed by atoms with Crippen LogP contribution in [-0.4, -0.2) is 47.1 Å². The molecule has 1 aliphatic rings. The van der Waals surface area contributed by atoms with Crippen molar-refractivity contribution in [1.29, 1.82) is 0 Å². The van der Waals surface area contributed by atoms with E-state index >= 15 is 0 Å². The van der Waals surface area contributed by atoms with Gasteiger partial charge in [-0.2, -0.15) is 0 Å². The molecule has 2 amide bonds. The molecule has 1 atom stereocenters. The van der Waals surface area contributed by atoms with Crippen molar-refractivity contribution < 1.29 is 13.6 Å². The van der Waals surface area contributed by atoms with Gasteiger partial charge in [-0.15, -0.1) is 0 Å². The van der Waals surface area contributed by atoms with Crippen LogP contribution in [0, 0.1) is 11.6 Å². The van der Waals surface area contributed by atoms with Gasteiger partial charge in [0.2, 0.25) is 0 Å². The minimum Gasteiger partial charge on any atom is -0.351 e. The Morgan fingerprint density at radius 1 is 1.24 bits per heavy atom. The van der Waals surface area contributed by atoms with Gasteiger partial charge in [0.25, 0.3) is 0 Å². The second-order valence-corrected chi connectivity index (χ2v) is 5.89. The molecule has 132 valence electrons. The Morgan fingerprint density at radius 2 is 2.00 bits per heavy atom. The molecule has 0 aliphatic carbocycles. The number of hydrogen-bond donors (Lipinski definition) is 1. The number of nitrogens with one attached hydrogen (secondary N) is 1. The number of nitrogens with zero attached hydrogens (tertiary/aromatic N) is 4. The van der Waals surface area contributed by atoms with Crippen molar-refractivity contribution in [2.45, 2.75) is 13.0 Å². The summed E-state index contributed by atoms with van der Waals surface area (Å²) >= 11 is 0. The third kappa shape index (κ3) is 4.01. The minimum absolute atomic E-state index is 0.238. The monoisotopic (exact) mass is 347 g/mol. The van der Waals surface area contributed by atoms with E-state index in [1.807, 2.05) is 4.90 Å². The lowest BCUT2D eigenvalue weighted by Crippen LogP contribution is -2.52. The quantitative estimate of drug-likeness (QED) is 0.926. The topological polar surface area (TPSA) is 61.4 Å². The fourth-order valence-electron chi connectivity index (χ4n) is 2.76. The maximum Gasteiger partial charge on any atom is 0.317 e. The van der Waals surface area contributed by atoms with Crippen LogP contribution in [0.2, 0.25) is 0 Å². The van der Waals surface area contributed by atoms with Crippen molar-refractivity contribution in [1.82, 2.24) is 20.2 Å². The Hall–Kier alpha value is -2.77. The summed E-state index contributed by atoms with van der Waals surface area (Å²) in [6.07, 6.45) is 4.19. The number of hydrogen-bond acceptors (Lipinski definition) is 4. The fourth-order valence-corrected chi connectivity index (χ4v) is 2.76. The van der Waals surface area contributed by atoms with Crippen LogP contribution in [0.1, 0.15) is 18.5 Å². The molecule has 0 aromatic carbocycles. The third-order valence-corrected chi connectivity index (χ3v) is 4.17. The largest absolute Gasteiger partial charge is 0.351 e. The molecule has 1 aliphatic heterocycles. The van der Waals surface area contributed by atoms with Crippen LogP contribution < -0.4 is 10.2 Å². The van der Waals surface area contributed by atoms with Gasteiger partial charge in [0, 0.05) is 38.6 Å². The van der Waals surface area contributed by atoms with Crippen molar-refractivity contribution in [2.75, 3.05) is 31.1 Å². The van der Waals surface area contributed by atoms with E-state index in [0.717, 1.165) is 6.20 Å². The van der Waals surface area contributed by atoms with E-state index in [-0.39, 0.29) is 17.9 Å². The predicted molar refractivity (Wildman–Crippen MR) is 89.1 cm³/mol. The van der Waals surface area contributed by atoms with Crippen molar-refractivity contribution in [3.8, 4) is 0 Å². The second-order valence-electron chi connectivity index (χ2n) is 5.89. The van der Waals surface area contributed by atoms with Crippen LogP contribution in [0.5, 0.6) is 0 Å². The summed E-state index contributed by atoms with van der Waals surface area (Å²) in [6.45, 7) is 3.67. The van der Waals surface area contributed by atoms with Crippen LogP contribution in [0.3, 0.4) is 0 Å². The van der Waals surface area contributed by atoms with E-state index in [1.54, 1.807) is 24.1 Å². The van der Waals surface area contributed by atoms with Gasteiger partial charge in [-0.05, 0) is 30.7 Å². The fraction of sp³-hybridized carbons (Fsp3) is 0.353. The van der Waals surface area contributed by atoms with Crippen LogP contribution in [0.15, 0.2) is 36.8 Å². The van der Waals surface area contributed by atoms with Crippen molar-refractivity contribution in [3.05, 3.63) is 54.0 Å². The molecular weight excluding hydrogens is 328 g/mol. The highest BCUT2D eigenvalue weighted by molar-refractivity contribution is 5.75. The van der Waals surface area contributed by atoms with Gasteiger partial charge >= 0.3 is 6.03 Å². The molecule has 25 heavy (non-hydrogen) atoms. The predicted octanol–water partition coefficient (Wildman–Crippen LogP) is 2.35. The highest BCUT2D eigenvalue weighted by atomic mass is 19.1. The molecule has 0 bridgehead atoms. The number of halogens is 2. The molecule has 8 heteroatoms. The Labute approximate surface area is 144 Å². The van der Waals surface area contributed by atoms with Gasteiger partial charge in [-0.3, -0.25) is 4.98 Å². The van der Waals surface area contributed by atoms with Crippen molar-refractivity contribution in [3.63, 3.8) is 0 Å². The van der Waals surface area contributed by atoms with E-state index in [2.05, 4.69) is 15.3 Å². The van der Waals surface area contributed by atoms with Gasteiger partial charge in [-0.25, -0.2) is 18.6 Å². The number of aromatic nitrogens is 2. The molecule has 0 radical (unpaired) electrons. The first kappa shape index (κ1) is 17.1. The molecule has 2 aromatic heterocycles. The molecule has 3 rings (SSSR count). The van der Waals surface area contributed by atoms with Crippen LogP contribution in [0.4, 0.5) is 19.4 Å². The van der Waals surface area contributed by atoms with Crippen molar-refractivity contribution >= 4 is 11.8 Å². The number of carbonyl (C=O) groups excluding carboxylic acids is 1. The number of pyridine rings is 2. The maximum absolute atomic E-state index is 13.8. The van der Waals surface area contributed by atoms with Crippen LogP contribution in [-0.2, 0) is 0 Å². The molecule has 3 heterocycles. The molecule has 1 N–H and O–H groups in total. The summed E-state index contributed by atoms with van der Waals surface area (Å²) in [5.41, 5.74) is 0.600. The average molecular weight is 347 g/mol. The van der Waals surface area contributed by atoms with Gasteiger partial charge in [-0.1, -0.05) is 0 Å². The summed E-state index contributed by atoms with van der Waals surface area (Å²) in [5.74, 6) is -0.501. The Balaban J connectivity index is 1.56. The standard InChI is InChI=1S/C17H19F2N5O/c1-12(13-9-14(18)11-20-10-13)22-17(25)24-7-5-23(6-8-24)16-15(19)3-2-4-21-16/h2-4,9-12H,5-8H2,1H3,(H,22,25)/t12-/m0/s1. The summed E-state index contributed by atoms with van der Waals surface area (Å²) in [6, 6.07) is 3.67. The Bertz CT molecular complexity index is 749. The number of amides is 2. The van der Waals surface area contributed by atoms with E-state index in [0.29, 0.717) is 37.6 Å². The molecule has 0 saturated carbocycles. The molecule has 1 saturated heterocycles. The second kappa shape index (κ2) is 7.42. The lowest BCUT2D eigenvalue weighted by molar-refractivity contribution is 0.191. The lowest BCUT2D eigenvalue weighted by Gasteiger charge is -2.36. The number of carbonyl (C=O) groups is 1. The van der Waals surface area contributed by atoms with Gasteiger partial charge in [0.05, 0.1) is 12.2 Å². The first-order valence-corrected chi connectivity index (χ1v) is 8.06. The number of piperazine rings is 1. The molecular formula is C17H19F2N5O.